The molecule has 0 aliphatic carbocycles. The van der Waals surface area contributed by atoms with Crippen LogP contribution in [0.3, 0.4) is 0 Å². The normalized spacial score (nSPS) is 7.50. The van der Waals surface area contributed by atoms with Crippen molar-refractivity contribution in [2.24, 2.45) is 0 Å². The van der Waals surface area contributed by atoms with Gasteiger partial charge in [-0.1, -0.05) is 0 Å². The molecule has 78 valence electrons. The molecule has 0 saturated carbocycles. The molecule has 0 aliphatic rings. The summed E-state index contributed by atoms with van der Waals surface area (Å²) in [5.74, 6) is 0. The van der Waals surface area contributed by atoms with Crippen LogP contribution in [0.4, 0.5) is 0 Å². The molecule has 0 unspecified atom stereocenters. The Balaban J connectivity index is -0.000000105. The van der Waals surface area contributed by atoms with Crippen LogP contribution in [0.15, 0.2) is 0 Å². The molecule has 0 radical (unpaired) electrons. The second-order valence-corrected chi connectivity index (χ2v) is 1.56. The van der Waals surface area contributed by atoms with Crippen LogP contribution in [0, 0.1) is 0 Å². The molecule has 0 bridgehead atoms. The van der Waals surface area contributed by atoms with Gasteiger partial charge in [-0.3, -0.25) is 0 Å². The molecule has 0 rings (SSSR count). The van der Waals surface area contributed by atoms with Crippen LogP contribution in [0.5, 0.6) is 0 Å². The van der Waals surface area contributed by atoms with E-state index in [1.165, 1.54) is 0 Å². The summed E-state index contributed by atoms with van der Waals surface area (Å²) >= 11 is 0. The molecule has 0 fully saturated rings. The van der Waals surface area contributed by atoms with E-state index >= 15 is 0 Å². The van der Waals surface area contributed by atoms with E-state index in [2.05, 4.69) is 0 Å². The summed E-state index contributed by atoms with van der Waals surface area (Å²) in [7, 11) is 0. The van der Waals surface area contributed by atoms with E-state index in [0.29, 0.717) is 6.42 Å². The fourth-order valence-corrected chi connectivity index (χ4v) is 0.0707. The minimum atomic E-state index is -0.125. The lowest BCUT2D eigenvalue weighted by Crippen LogP contribution is -1.85. The summed E-state index contributed by atoms with van der Waals surface area (Å²) in [6.45, 7) is 1.87. The van der Waals surface area contributed by atoms with Crippen LogP contribution >= 0.6 is 0 Å². The number of hydrogen-bond donors (Lipinski definition) is 5. The van der Waals surface area contributed by atoms with Gasteiger partial charge in [0, 0.05) is 19.8 Å². The molecule has 5 N–H and O–H groups in total. The van der Waals surface area contributed by atoms with Crippen molar-refractivity contribution in [3.8, 4) is 0 Å². The van der Waals surface area contributed by atoms with Gasteiger partial charge in [-0.15, -0.1) is 0 Å². The Morgan fingerprint density at radius 1 is 0.667 bits per heavy atom. The Bertz CT molecular complexity index is 38.8. The van der Waals surface area contributed by atoms with E-state index < -0.39 is 0 Å². The van der Waals surface area contributed by atoms with Gasteiger partial charge >= 0.3 is 0 Å². The molecular formula is C7H20O5. The van der Waals surface area contributed by atoms with Crippen molar-refractivity contribution < 1.29 is 25.5 Å². The third-order valence-electron chi connectivity index (χ3n) is 0.416. The Kier molecular flexibility index (Phi) is 45.7. The van der Waals surface area contributed by atoms with E-state index in [1.54, 1.807) is 6.92 Å². The molecule has 0 spiro atoms. The maximum absolute atomic E-state index is 7.91. The molecule has 0 aromatic heterocycles. The Labute approximate surface area is 72.9 Å². The highest BCUT2D eigenvalue weighted by atomic mass is 16.3. The summed E-state index contributed by atoms with van der Waals surface area (Å²) in [5.41, 5.74) is 0. The van der Waals surface area contributed by atoms with Crippen LogP contribution in [0.1, 0.15) is 13.3 Å². The van der Waals surface area contributed by atoms with Gasteiger partial charge in [0.2, 0.25) is 0 Å². The third-order valence-corrected chi connectivity index (χ3v) is 0.416. The topological polar surface area (TPSA) is 101 Å². The molecular weight excluding hydrogens is 164 g/mol. The molecule has 5 heteroatoms. The van der Waals surface area contributed by atoms with E-state index in [4.69, 9.17) is 25.5 Å². The average Bonchev–Trinajstić information content (AvgIpc) is 2.08. The van der Waals surface area contributed by atoms with E-state index in [9.17, 15) is 0 Å². The first kappa shape index (κ1) is 17.8. The standard InChI is InChI=1S/C3H8O2.C2H6O2.C2H6O/c4-2-1-3-5;3-1-2-4;1-2-3/h4-5H,1-3H2;3-4H,1-2H2;3H,2H2,1H3. The van der Waals surface area contributed by atoms with Crippen molar-refractivity contribution in [2.75, 3.05) is 33.0 Å². The highest BCUT2D eigenvalue weighted by Gasteiger charge is 1.70. The first-order chi connectivity index (χ1) is 5.74. The Morgan fingerprint density at radius 2 is 0.917 bits per heavy atom. The lowest BCUT2D eigenvalue weighted by atomic mass is 10.5. The number of aliphatic hydroxyl groups is 5. The quantitative estimate of drug-likeness (QED) is 0.361. The van der Waals surface area contributed by atoms with Crippen LogP contribution in [0.25, 0.3) is 0 Å². The SMILES string of the molecule is CCO.OCCCO.OCCO. The van der Waals surface area contributed by atoms with Crippen LogP contribution < -0.4 is 0 Å². The van der Waals surface area contributed by atoms with Crippen molar-refractivity contribution in [1.82, 2.24) is 0 Å². The number of rotatable bonds is 3. The average molecular weight is 184 g/mol. The number of hydrogen-bond acceptors (Lipinski definition) is 5. The largest absolute Gasteiger partial charge is 0.397 e. The smallest absolute Gasteiger partial charge is 0.0662 e. The van der Waals surface area contributed by atoms with Crippen molar-refractivity contribution >= 4 is 0 Å². The van der Waals surface area contributed by atoms with Crippen molar-refractivity contribution in [1.29, 1.82) is 0 Å². The Hall–Kier alpha value is -0.200. The first-order valence-electron chi connectivity index (χ1n) is 3.79. The monoisotopic (exact) mass is 184 g/mol. The fraction of sp³-hybridized carbons (Fsp3) is 1.00. The lowest BCUT2D eigenvalue weighted by Gasteiger charge is -1.79. The Morgan fingerprint density at radius 3 is 0.917 bits per heavy atom. The first-order valence-corrected chi connectivity index (χ1v) is 3.79. The third kappa shape index (κ3) is 96.8. The zero-order valence-electron chi connectivity index (χ0n) is 7.48. The van der Waals surface area contributed by atoms with Gasteiger partial charge in [0.25, 0.3) is 0 Å². The van der Waals surface area contributed by atoms with Gasteiger partial charge in [-0.2, -0.15) is 0 Å². The van der Waals surface area contributed by atoms with Gasteiger partial charge in [0.1, 0.15) is 0 Å². The molecule has 0 atom stereocenters. The van der Waals surface area contributed by atoms with Crippen molar-refractivity contribution in [3.05, 3.63) is 0 Å². The predicted molar refractivity (Wildman–Crippen MR) is 45.7 cm³/mol. The fourth-order valence-electron chi connectivity index (χ4n) is 0.0707. The maximum Gasteiger partial charge on any atom is 0.0662 e. The van der Waals surface area contributed by atoms with Gasteiger partial charge in [-0.25, -0.2) is 0 Å². The molecule has 0 heterocycles. The molecule has 12 heavy (non-hydrogen) atoms. The molecule has 0 aromatic rings. The highest BCUT2D eigenvalue weighted by Crippen LogP contribution is 1.65. The zero-order chi connectivity index (χ0) is 10.2. The minimum absolute atomic E-state index is 0.0938. The zero-order valence-corrected chi connectivity index (χ0v) is 7.48. The molecule has 0 aliphatic heterocycles. The van der Waals surface area contributed by atoms with Crippen LogP contribution in [-0.4, -0.2) is 58.6 Å². The van der Waals surface area contributed by atoms with E-state index in [0.717, 1.165) is 0 Å². The van der Waals surface area contributed by atoms with Crippen LogP contribution in [-0.2, 0) is 0 Å². The molecule has 0 amide bonds. The van der Waals surface area contributed by atoms with Gasteiger partial charge < -0.3 is 25.5 Å². The summed E-state index contributed by atoms with van der Waals surface area (Å²) in [5, 5.41) is 38.6. The highest BCUT2D eigenvalue weighted by molar-refractivity contribution is 4.22. The van der Waals surface area contributed by atoms with Gasteiger partial charge in [0.05, 0.1) is 13.2 Å². The molecule has 0 aromatic carbocycles. The second-order valence-electron chi connectivity index (χ2n) is 1.56. The van der Waals surface area contributed by atoms with Gasteiger partial charge in [-0.05, 0) is 13.3 Å². The van der Waals surface area contributed by atoms with E-state index in [-0.39, 0.29) is 33.0 Å². The van der Waals surface area contributed by atoms with Crippen molar-refractivity contribution in [2.45, 2.75) is 13.3 Å². The number of aliphatic hydroxyl groups excluding tert-OH is 5. The molecule has 5 nitrogen and oxygen atoms in total. The maximum atomic E-state index is 7.91. The summed E-state index contributed by atoms with van der Waals surface area (Å²) < 4.78 is 0. The lowest BCUT2D eigenvalue weighted by molar-refractivity contribution is 0.186. The minimum Gasteiger partial charge on any atom is -0.397 e. The van der Waals surface area contributed by atoms with E-state index in [1.807, 2.05) is 0 Å². The predicted octanol–water partition coefficient (Wildman–Crippen LogP) is -1.67. The van der Waals surface area contributed by atoms with Crippen LogP contribution in [0.2, 0.25) is 0 Å². The van der Waals surface area contributed by atoms with Gasteiger partial charge in [0.15, 0.2) is 0 Å². The molecule has 0 saturated heterocycles. The summed E-state index contributed by atoms with van der Waals surface area (Å²) in [6.07, 6.45) is 0.500. The van der Waals surface area contributed by atoms with Crippen molar-refractivity contribution in [3.63, 3.8) is 0 Å². The summed E-state index contributed by atoms with van der Waals surface area (Å²) in [4.78, 5) is 0. The summed E-state index contributed by atoms with van der Waals surface area (Å²) in [6, 6.07) is 0. The second kappa shape index (κ2) is 30.8.